The van der Waals surface area contributed by atoms with Crippen LogP contribution in [-0.2, 0) is 4.79 Å². The summed E-state index contributed by atoms with van der Waals surface area (Å²) >= 11 is 0. The van der Waals surface area contributed by atoms with Crippen LogP contribution in [0.4, 0.5) is 4.70 Å². The molecule has 6 nitrogen and oxygen atoms in total. The first-order valence-electron chi connectivity index (χ1n) is 3.40. The number of halogens is 1. The third-order valence-corrected chi connectivity index (χ3v) is 1.48. The molecule has 80 valence electrons. The molecular formula is C6H14FNO5. The predicted octanol–water partition coefficient (Wildman–Crippen LogP) is -3.26. The van der Waals surface area contributed by atoms with Crippen LogP contribution in [0.25, 0.3) is 0 Å². The minimum atomic E-state index is -1.62. The number of hydrogen-bond acceptors (Lipinski definition) is 6. The summed E-state index contributed by atoms with van der Waals surface area (Å²) < 4.78 is 0. The van der Waals surface area contributed by atoms with Crippen molar-refractivity contribution in [3.8, 4) is 0 Å². The molecule has 0 fully saturated rings. The van der Waals surface area contributed by atoms with Crippen molar-refractivity contribution in [1.29, 1.82) is 0 Å². The largest absolute Gasteiger partial charge is 0.394 e. The van der Waals surface area contributed by atoms with Crippen LogP contribution < -0.4 is 5.73 Å². The number of hydrogen-bond donors (Lipinski definition) is 5. The molecule has 0 bridgehead atoms. The summed E-state index contributed by atoms with van der Waals surface area (Å²) in [4.78, 5) is 10.0. The molecule has 6 N–H and O–H groups in total. The molecule has 0 radical (unpaired) electrons. The van der Waals surface area contributed by atoms with Crippen molar-refractivity contribution < 1.29 is 29.9 Å². The molecule has 0 unspecified atom stereocenters. The molecule has 0 rings (SSSR count). The van der Waals surface area contributed by atoms with Crippen LogP contribution in [0, 0.1) is 0 Å². The van der Waals surface area contributed by atoms with Gasteiger partial charge in [0.1, 0.15) is 24.6 Å². The maximum Gasteiger partial charge on any atom is 0.139 e. The second kappa shape index (κ2) is 6.87. The second-order valence-corrected chi connectivity index (χ2v) is 2.44. The van der Waals surface area contributed by atoms with Gasteiger partial charge in [-0.3, -0.25) is 4.70 Å². The van der Waals surface area contributed by atoms with E-state index in [1.54, 1.807) is 0 Å². The number of rotatable bonds is 5. The second-order valence-electron chi connectivity index (χ2n) is 2.44. The molecule has 0 aliphatic rings. The lowest BCUT2D eigenvalue weighted by molar-refractivity contribution is -0.118. The molecule has 0 aromatic carbocycles. The number of carbonyl (C=O) groups is 1. The van der Waals surface area contributed by atoms with Crippen LogP contribution in [0.15, 0.2) is 0 Å². The fourth-order valence-corrected chi connectivity index (χ4v) is 0.644. The lowest BCUT2D eigenvalue weighted by Crippen LogP contribution is -2.49. The Kier molecular flexibility index (Phi) is 7.87. The molecule has 0 amide bonds. The lowest BCUT2D eigenvalue weighted by atomic mass is 10.0. The van der Waals surface area contributed by atoms with Crippen LogP contribution in [-0.4, -0.2) is 57.7 Å². The van der Waals surface area contributed by atoms with E-state index in [1.807, 2.05) is 0 Å². The van der Waals surface area contributed by atoms with Crippen molar-refractivity contribution in [2.75, 3.05) is 6.61 Å². The molecule has 0 heterocycles. The summed E-state index contributed by atoms with van der Waals surface area (Å²) in [6.07, 6.45) is -4.43. The Bertz CT molecular complexity index is 147. The van der Waals surface area contributed by atoms with E-state index >= 15 is 0 Å². The van der Waals surface area contributed by atoms with Crippen LogP contribution in [0.1, 0.15) is 0 Å². The molecule has 0 aliphatic heterocycles. The molecule has 0 aromatic rings. The van der Waals surface area contributed by atoms with Crippen molar-refractivity contribution in [3.63, 3.8) is 0 Å². The van der Waals surface area contributed by atoms with E-state index in [0.29, 0.717) is 0 Å². The van der Waals surface area contributed by atoms with E-state index in [1.165, 1.54) is 0 Å². The fraction of sp³-hybridized carbons (Fsp3) is 0.833. The summed E-state index contributed by atoms with van der Waals surface area (Å²) in [5.74, 6) is 0. The smallest absolute Gasteiger partial charge is 0.139 e. The van der Waals surface area contributed by atoms with Crippen molar-refractivity contribution in [2.45, 2.75) is 24.4 Å². The van der Waals surface area contributed by atoms with Crippen molar-refractivity contribution in [2.24, 2.45) is 5.73 Å². The maximum absolute atomic E-state index is 10.0. The summed E-state index contributed by atoms with van der Waals surface area (Å²) in [6.45, 7) is -0.705. The molecule has 4 atom stereocenters. The van der Waals surface area contributed by atoms with Gasteiger partial charge in [-0.25, -0.2) is 0 Å². The van der Waals surface area contributed by atoms with E-state index in [0.717, 1.165) is 0 Å². The Morgan fingerprint density at radius 1 is 1.23 bits per heavy atom. The van der Waals surface area contributed by atoms with Gasteiger partial charge in [0, 0.05) is 0 Å². The number of carbonyl (C=O) groups excluding carboxylic acids is 1. The first-order valence-corrected chi connectivity index (χ1v) is 3.40. The highest BCUT2D eigenvalue weighted by Crippen LogP contribution is 2.01. The molecule has 0 saturated carbocycles. The zero-order valence-electron chi connectivity index (χ0n) is 6.78. The van der Waals surface area contributed by atoms with E-state index in [-0.39, 0.29) is 11.0 Å². The van der Waals surface area contributed by atoms with Gasteiger partial charge in [-0.2, -0.15) is 0 Å². The van der Waals surface area contributed by atoms with Gasteiger partial charge >= 0.3 is 0 Å². The van der Waals surface area contributed by atoms with Gasteiger partial charge in [-0.1, -0.05) is 0 Å². The predicted molar refractivity (Wildman–Crippen MR) is 41.6 cm³/mol. The lowest BCUT2D eigenvalue weighted by Gasteiger charge is -2.23. The molecule has 0 spiro atoms. The molecule has 0 saturated heterocycles. The van der Waals surface area contributed by atoms with Crippen LogP contribution in [0.3, 0.4) is 0 Å². The minimum absolute atomic E-state index is 0. The van der Waals surface area contributed by atoms with Crippen LogP contribution in [0.2, 0.25) is 0 Å². The Labute approximate surface area is 74.0 Å². The molecule has 7 heteroatoms. The number of aldehydes is 1. The van der Waals surface area contributed by atoms with Gasteiger partial charge in [0.05, 0.1) is 12.6 Å². The van der Waals surface area contributed by atoms with E-state index in [4.69, 9.17) is 26.2 Å². The van der Waals surface area contributed by atoms with Crippen molar-refractivity contribution >= 4 is 6.29 Å². The van der Waals surface area contributed by atoms with E-state index in [2.05, 4.69) is 0 Å². The quantitative estimate of drug-likeness (QED) is 0.296. The van der Waals surface area contributed by atoms with Gasteiger partial charge in [0.2, 0.25) is 0 Å². The average Bonchev–Trinajstić information content (AvgIpc) is 2.12. The molecular weight excluding hydrogens is 185 g/mol. The summed E-state index contributed by atoms with van der Waals surface area (Å²) in [5.41, 5.74) is 5.04. The van der Waals surface area contributed by atoms with Gasteiger partial charge in [0.15, 0.2) is 0 Å². The Hall–Kier alpha value is -0.600. The van der Waals surface area contributed by atoms with Gasteiger partial charge < -0.3 is 31.0 Å². The normalized spacial score (nSPS) is 19.5. The Morgan fingerprint density at radius 2 is 1.69 bits per heavy atom. The highest BCUT2D eigenvalue weighted by Gasteiger charge is 2.28. The summed E-state index contributed by atoms with van der Waals surface area (Å²) in [7, 11) is 0. The van der Waals surface area contributed by atoms with Crippen LogP contribution in [0.5, 0.6) is 0 Å². The fourth-order valence-electron chi connectivity index (χ4n) is 0.644. The third-order valence-electron chi connectivity index (χ3n) is 1.48. The van der Waals surface area contributed by atoms with Crippen molar-refractivity contribution in [1.82, 2.24) is 0 Å². The molecule has 13 heavy (non-hydrogen) atoms. The minimum Gasteiger partial charge on any atom is -0.394 e. The first kappa shape index (κ1) is 14.9. The number of nitrogens with two attached hydrogens (primary N) is 1. The average molecular weight is 199 g/mol. The molecule has 0 aliphatic carbocycles. The molecule has 0 aromatic heterocycles. The van der Waals surface area contributed by atoms with Crippen molar-refractivity contribution in [3.05, 3.63) is 0 Å². The summed E-state index contributed by atoms with van der Waals surface area (Å²) in [6, 6.07) is -1.26. The van der Waals surface area contributed by atoms with E-state index in [9.17, 15) is 4.79 Å². The number of aliphatic hydroxyl groups is 4. The Morgan fingerprint density at radius 3 is 2.00 bits per heavy atom. The van der Waals surface area contributed by atoms with Crippen LogP contribution >= 0.6 is 0 Å². The SMILES string of the molecule is F.N[C@@H](C=O)[C@@H](O)[C@H](O)[C@H](O)CO. The van der Waals surface area contributed by atoms with Gasteiger partial charge in [-0.05, 0) is 0 Å². The zero-order chi connectivity index (χ0) is 9.72. The number of aliphatic hydroxyl groups excluding tert-OH is 4. The van der Waals surface area contributed by atoms with Gasteiger partial charge in [0.25, 0.3) is 0 Å². The highest BCUT2D eigenvalue weighted by molar-refractivity contribution is 5.58. The maximum atomic E-state index is 10.0. The highest BCUT2D eigenvalue weighted by atomic mass is 19.0. The van der Waals surface area contributed by atoms with Gasteiger partial charge in [-0.15, -0.1) is 0 Å². The first-order chi connectivity index (χ1) is 5.54. The topological polar surface area (TPSA) is 124 Å². The summed E-state index contributed by atoms with van der Waals surface area (Å²) in [5, 5.41) is 35.2. The standard InChI is InChI=1S/C6H13NO5.FH/c7-3(1-8)5(11)6(12)4(10)2-9;/h1,3-6,9-12H,2,7H2;1H/t3-,4+,5+,6+;/m0./s1. The van der Waals surface area contributed by atoms with E-state index < -0.39 is 31.0 Å². The zero-order valence-corrected chi connectivity index (χ0v) is 6.78. The monoisotopic (exact) mass is 199 g/mol. The third kappa shape index (κ3) is 4.25. The Balaban J connectivity index is 0.